The van der Waals surface area contributed by atoms with Crippen molar-refractivity contribution in [3.63, 3.8) is 0 Å². The first-order valence-corrected chi connectivity index (χ1v) is 11.4. The van der Waals surface area contributed by atoms with Crippen molar-refractivity contribution < 1.29 is 65.2 Å². The molecule has 2 amide bonds. The van der Waals surface area contributed by atoms with E-state index in [-0.39, 0.29) is 25.9 Å². The van der Waals surface area contributed by atoms with Crippen molar-refractivity contribution in [1.82, 2.24) is 9.80 Å². The second kappa shape index (κ2) is 11.4. The number of carboxylic acids is 2. The number of hydrogen-bond acceptors (Lipinski definition) is 6. The molecule has 2 heterocycles. The highest BCUT2D eigenvalue weighted by Crippen LogP contribution is 2.39. The van der Waals surface area contributed by atoms with Crippen LogP contribution in [0.5, 0.6) is 0 Å². The Labute approximate surface area is 214 Å². The smallest absolute Gasteiger partial charge is 0.410 e. The highest BCUT2D eigenvalue weighted by Gasteiger charge is 2.57. The van der Waals surface area contributed by atoms with Crippen LogP contribution in [0, 0.1) is 11.8 Å². The van der Waals surface area contributed by atoms with Gasteiger partial charge in [0, 0.05) is 13.1 Å². The quantitative estimate of drug-likeness (QED) is 0.467. The largest absolute Gasteiger partial charge is 0.481 e. The maximum atomic E-state index is 12.9. The van der Waals surface area contributed by atoms with Crippen LogP contribution in [-0.4, -0.2) is 92.9 Å². The molecule has 0 aromatic heterocycles. The van der Waals surface area contributed by atoms with Crippen LogP contribution in [0.3, 0.4) is 0 Å². The minimum atomic E-state index is -4.80. The van der Waals surface area contributed by atoms with E-state index < -0.39 is 71.6 Å². The first-order chi connectivity index (χ1) is 16.9. The number of rotatable bonds is 2. The summed E-state index contributed by atoms with van der Waals surface area (Å²) in [5.74, 6) is -6.41. The fourth-order valence-electron chi connectivity index (χ4n) is 3.96. The molecule has 0 aliphatic carbocycles. The van der Waals surface area contributed by atoms with Crippen LogP contribution in [-0.2, 0) is 19.1 Å². The van der Waals surface area contributed by atoms with Crippen LogP contribution >= 0.6 is 0 Å². The summed E-state index contributed by atoms with van der Waals surface area (Å²) in [4.78, 5) is 46.0. The summed E-state index contributed by atoms with van der Waals surface area (Å²) in [5.41, 5.74) is -1.87. The van der Waals surface area contributed by atoms with Crippen molar-refractivity contribution in [2.45, 2.75) is 90.0 Å². The summed E-state index contributed by atoms with van der Waals surface area (Å²) in [6.45, 7) is 8.59. The summed E-state index contributed by atoms with van der Waals surface area (Å²) < 4.78 is 87.1. The molecule has 0 spiro atoms. The fraction of sp³-hybridized carbons (Fsp3) is 0.818. The zero-order valence-electron chi connectivity index (χ0n) is 21.6. The van der Waals surface area contributed by atoms with Gasteiger partial charge in [-0.2, -0.15) is 26.3 Å². The Hall–Kier alpha value is -2.94. The molecule has 0 aromatic rings. The van der Waals surface area contributed by atoms with E-state index in [1.54, 1.807) is 0 Å². The first-order valence-electron chi connectivity index (χ1n) is 11.4. The summed E-state index contributed by atoms with van der Waals surface area (Å²) in [7, 11) is 0. The Bertz CT molecular complexity index is 822. The number of nitrogens with zero attached hydrogens (tertiary/aromatic N) is 2. The van der Waals surface area contributed by atoms with E-state index in [2.05, 4.69) is 0 Å². The Morgan fingerprint density at radius 3 is 1.08 bits per heavy atom. The third-order valence-corrected chi connectivity index (χ3v) is 5.36. The predicted octanol–water partition coefficient (Wildman–Crippen LogP) is 4.52. The number of halogens is 6. The highest BCUT2D eigenvalue weighted by molar-refractivity contribution is 5.76. The van der Waals surface area contributed by atoms with Crippen molar-refractivity contribution >= 4 is 24.1 Å². The summed E-state index contributed by atoms with van der Waals surface area (Å²) in [5, 5.41) is 17.6. The number of aliphatic carboxylic acids is 2. The average Bonchev–Trinajstić information content (AvgIpc) is 3.30. The third kappa shape index (κ3) is 9.11. The fourth-order valence-corrected chi connectivity index (χ4v) is 3.96. The van der Waals surface area contributed by atoms with Crippen molar-refractivity contribution in [2.75, 3.05) is 13.1 Å². The minimum Gasteiger partial charge on any atom is -0.481 e. The van der Waals surface area contributed by atoms with Crippen LogP contribution < -0.4 is 0 Å². The van der Waals surface area contributed by atoms with Gasteiger partial charge < -0.3 is 19.7 Å². The Balaban J connectivity index is 0.000000380. The average molecular weight is 566 g/mol. The van der Waals surface area contributed by atoms with Gasteiger partial charge in [0.1, 0.15) is 23.3 Å². The number of carboxylic acid groups (broad SMARTS) is 2. The maximum absolute atomic E-state index is 12.9. The standard InChI is InChI=1S/2C11H16F3NO4/c2*1-10(2,3)19-9(18)15-5-4-6(8(16)17)7(15)11(12,13)14/h2*6-7H,4-5H2,1-3H3,(H,16,17)/t2*6-,7-/m10/s1. The first kappa shape index (κ1) is 33.1. The predicted molar refractivity (Wildman–Crippen MR) is 117 cm³/mol. The van der Waals surface area contributed by atoms with Gasteiger partial charge in [0.05, 0.1) is 11.8 Å². The number of hydrogen-bond donors (Lipinski definition) is 2. The maximum Gasteiger partial charge on any atom is 0.410 e. The van der Waals surface area contributed by atoms with Gasteiger partial charge in [0.15, 0.2) is 0 Å². The molecule has 0 bridgehead atoms. The SMILES string of the molecule is CC(C)(C)OC(=O)N1CC[C@@H](C(=O)O)[C@@H]1C(F)(F)F.CC(C)(C)OC(=O)N1CC[C@H](C(=O)O)[C@H]1C(F)(F)F. The zero-order chi connectivity index (χ0) is 30.0. The number of amides is 2. The topological polar surface area (TPSA) is 134 Å². The van der Waals surface area contributed by atoms with Gasteiger partial charge in [-0.3, -0.25) is 19.4 Å². The molecule has 2 fully saturated rings. The lowest BCUT2D eigenvalue weighted by Crippen LogP contribution is -2.50. The third-order valence-electron chi connectivity index (χ3n) is 5.36. The molecule has 2 N–H and O–H groups in total. The number of ether oxygens (including phenoxy) is 2. The Kier molecular flexibility index (Phi) is 9.96. The molecule has 38 heavy (non-hydrogen) atoms. The lowest BCUT2D eigenvalue weighted by atomic mass is 10.0. The van der Waals surface area contributed by atoms with Gasteiger partial charge >= 0.3 is 36.5 Å². The molecule has 2 aliphatic heterocycles. The number of likely N-dealkylation sites (tertiary alicyclic amines) is 2. The lowest BCUT2D eigenvalue weighted by Gasteiger charge is -2.30. The Morgan fingerprint density at radius 2 is 0.895 bits per heavy atom. The van der Waals surface area contributed by atoms with Crippen molar-refractivity contribution in [3.05, 3.63) is 0 Å². The Morgan fingerprint density at radius 1 is 0.632 bits per heavy atom. The highest BCUT2D eigenvalue weighted by atomic mass is 19.4. The number of carbonyl (C=O) groups excluding carboxylic acids is 2. The summed E-state index contributed by atoms with van der Waals surface area (Å²) >= 11 is 0. The van der Waals surface area contributed by atoms with E-state index in [9.17, 15) is 45.5 Å². The summed E-state index contributed by atoms with van der Waals surface area (Å²) in [6.07, 6.45) is -12.3. The van der Waals surface area contributed by atoms with E-state index in [4.69, 9.17) is 19.7 Å². The molecule has 0 aromatic carbocycles. The summed E-state index contributed by atoms with van der Waals surface area (Å²) in [6, 6.07) is -4.67. The molecule has 2 aliphatic rings. The van der Waals surface area contributed by atoms with Crippen molar-refractivity contribution in [2.24, 2.45) is 11.8 Å². The van der Waals surface area contributed by atoms with Gasteiger partial charge in [-0.05, 0) is 54.4 Å². The molecule has 0 saturated carbocycles. The van der Waals surface area contributed by atoms with E-state index >= 15 is 0 Å². The van der Waals surface area contributed by atoms with E-state index in [0.717, 1.165) is 0 Å². The zero-order valence-corrected chi connectivity index (χ0v) is 21.6. The van der Waals surface area contributed by atoms with E-state index in [0.29, 0.717) is 9.80 Å². The van der Waals surface area contributed by atoms with Gasteiger partial charge in [-0.25, -0.2) is 9.59 Å². The molecule has 0 unspecified atom stereocenters. The lowest BCUT2D eigenvalue weighted by molar-refractivity contribution is -0.189. The van der Waals surface area contributed by atoms with Crippen molar-refractivity contribution in [3.8, 4) is 0 Å². The molecular formula is C22H32F6N2O8. The van der Waals surface area contributed by atoms with Crippen LogP contribution in [0.2, 0.25) is 0 Å². The van der Waals surface area contributed by atoms with E-state index in [1.165, 1.54) is 41.5 Å². The molecule has 2 rings (SSSR count). The van der Waals surface area contributed by atoms with Gasteiger partial charge in [0.25, 0.3) is 0 Å². The number of alkyl halides is 6. The molecular weight excluding hydrogens is 534 g/mol. The van der Waals surface area contributed by atoms with Crippen LogP contribution in [0.15, 0.2) is 0 Å². The molecule has 220 valence electrons. The van der Waals surface area contributed by atoms with Crippen LogP contribution in [0.4, 0.5) is 35.9 Å². The van der Waals surface area contributed by atoms with Gasteiger partial charge in [0.2, 0.25) is 0 Å². The normalized spacial score (nSPS) is 24.4. The molecule has 0 radical (unpaired) electrons. The monoisotopic (exact) mass is 566 g/mol. The molecule has 10 nitrogen and oxygen atoms in total. The minimum absolute atomic E-state index is 0.237. The van der Waals surface area contributed by atoms with Gasteiger partial charge in [-0.1, -0.05) is 0 Å². The second-order valence-electron chi connectivity index (χ2n) is 10.8. The molecule has 4 atom stereocenters. The van der Waals surface area contributed by atoms with Crippen molar-refractivity contribution in [1.29, 1.82) is 0 Å². The van der Waals surface area contributed by atoms with Crippen LogP contribution in [0.1, 0.15) is 54.4 Å². The second-order valence-corrected chi connectivity index (χ2v) is 10.8. The van der Waals surface area contributed by atoms with E-state index in [1.807, 2.05) is 0 Å². The molecule has 16 heteroatoms. The van der Waals surface area contributed by atoms with Crippen LogP contribution in [0.25, 0.3) is 0 Å². The molecule has 2 saturated heterocycles. The number of carbonyl (C=O) groups is 4. The van der Waals surface area contributed by atoms with Gasteiger partial charge in [-0.15, -0.1) is 0 Å².